The van der Waals surface area contributed by atoms with E-state index in [2.05, 4.69) is 0 Å². The van der Waals surface area contributed by atoms with Crippen molar-refractivity contribution in [3.8, 4) is 11.4 Å². The number of benzene rings is 1. The third-order valence-electron chi connectivity index (χ3n) is 2.79. The van der Waals surface area contributed by atoms with Crippen molar-refractivity contribution in [2.45, 2.75) is 13.8 Å². The molecule has 0 amide bonds. The van der Waals surface area contributed by atoms with E-state index in [1.807, 2.05) is 42.7 Å². The lowest BCUT2D eigenvalue weighted by Gasteiger charge is -2.01. The summed E-state index contributed by atoms with van der Waals surface area (Å²) >= 11 is 0. The van der Waals surface area contributed by atoms with Gasteiger partial charge in [-0.2, -0.15) is 4.57 Å². The van der Waals surface area contributed by atoms with Gasteiger partial charge in [-0.15, -0.1) is 0 Å². The summed E-state index contributed by atoms with van der Waals surface area (Å²) in [5, 5.41) is 11.4. The summed E-state index contributed by atoms with van der Waals surface area (Å²) in [6, 6.07) is 7.59. The summed E-state index contributed by atoms with van der Waals surface area (Å²) in [5.41, 5.74) is 2.62. The number of hydrogen-bond donors (Lipinski definition) is 0. The van der Waals surface area contributed by atoms with E-state index in [1.54, 1.807) is 7.11 Å². The fraction of sp³-hybridized carbons (Fsp3) is 0.250. The first-order valence-corrected chi connectivity index (χ1v) is 5.05. The summed E-state index contributed by atoms with van der Waals surface area (Å²) < 4.78 is 7.83. The molecular formula is C12H14N2O2. The molecular weight excluding hydrogens is 204 g/mol. The van der Waals surface area contributed by atoms with Crippen molar-refractivity contribution in [1.82, 2.24) is 4.57 Å². The molecule has 1 aromatic heterocycles. The number of nitrogens with zero attached hydrogens (tertiary/aromatic N) is 2. The summed E-state index contributed by atoms with van der Waals surface area (Å²) in [6.07, 6.45) is 1.53. The highest BCUT2D eigenvalue weighted by molar-refractivity contribution is 5.38. The SMILES string of the molecule is COc1ccc(-n2c[n+]([O-])c(C)c2C)cc1. The van der Waals surface area contributed by atoms with Gasteiger partial charge in [-0.25, -0.2) is 4.73 Å². The van der Waals surface area contributed by atoms with Gasteiger partial charge in [0.25, 0.3) is 6.33 Å². The molecule has 0 saturated heterocycles. The fourth-order valence-corrected chi connectivity index (χ4v) is 1.62. The second-order valence-corrected chi connectivity index (χ2v) is 3.68. The Balaban J connectivity index is 2.46. The number of hydrogen-bond acceptors (Lipinski definition) is 2. The van der Waals surface area contributed by atoms with Crippen LogP contribution < -0.4 is 9.47 Å². The first-order chi connectivity index (χ1) is 7.63. The molecule has 2 rings (SSSR count). The maximum Gasteiger partial charge on any atom is 0.252 e. The first-order valence-electron chi connectivity index (χ1n) is 5.05. The van der Waals surface area contributed by atoms with Gasteiger partial charge < -0.3 is 9.94 Å². The first kappa shape index (κ1) is 10.5. The number of methoxy groups -OCH3 is 1. The molecule has 0 atom stereocenters. The van der Waals surface area contributed by atoms with E-state index in [1.165, 1.54) is 6.33 Å². The molecule has 16 heavy (non-hydrogen) atoms. The van der Waals surface area contributed by atoms with Gasteiger partial charge in [0.05, 0.1) is 7.11 Å². The molecule has 0 aliphatic carbocycles. The number of rotatable bonds is 2. The number of ether oxygens (including phenoxy) is 1. The molecule has 0 saturated carbocycles. The van der Waals surface area contributed by atoms with Gasteiger partial charge in [-0.05, 0) is 24.3 Å². The summed E-state index contributed by atoms with van der Waals surface area (Å²) in [4.78, 5) is 0. The van der Waals surface area contributed by atoms with Crippen LogP contribution in [0.25, 0.3) is 5.69 Å². The molecule has 0 aliphatic rings. The maximum absolute atomic E-state index is 11.4. The monoisotopic (exact) mass is 218 g/mol. The standard InChI is InChI=1S/C12H14N2O2/c1-9-10(2)14(15)8-13(9)11-4-6-12(16-3)7-5-11/h4-8H,1-3H3. The molecule has 0 bridgehead atoms. The van der Waals surface area contributed by atoms with Gasteiger partial charge in [0.2, 0.25) is 0 Å². The molecule has 0 spiro atoms. The van der Waals surface area contributed by atoms with Crippen molar-refractivity contribution in [3.63, 3.8) is 0 Å². The van der Waals surface area contributed by atoms with E-state index >= 15 is 0 Å². The van der Waals surface area contributed by atoms with Crippen LogP contribution in [0.1, 0.15) is 11.4 Å². The largest absolute Gasteiger partial charge is 0.711 e. The van der Waals surface area contributed by atoms with Crippen LogP contribution in [0.4, 0.5) is 0 Å². The number of imidazole rings is 1. The fourth-order valence-electron chi connectivity index (χ4n) is 1.62. The highest BCUT2D eigenvalue weighted by atomic mass is 16.5. The van der Waals surface area contributed by atoms with E-state index in [9.17, 15) is 5.21 Å². The number of aromatic nitrogens is 2. The van der Waals surface area contributed by atoms with Crippen molar-refractivity contribution in [2.24, 2.45) is 0 Å². The molecule has 84 valence electrons. The third-order valence-corrected chi connectivity index (χ3v) is 2.79. The summed E-state index contributed by atoms with van der Waals surface area (Å²) in [5.74, 6) is 0.806. The minimum atomic E-state index is 0.718. The van der Waals surface area contributed by atoms with Crippen LogP contribution in [0.2, 0.25) is 0 Å². The van der Waals surface area contributed by atoms with Gasteiger partial charge in [0.1, 0.15) is 22.8 Å². The van der Waals surface area contributed by atoms with Crippen LogP contribution in [-0.2, 0) is 0 Å². The minimum Gasteiger partial charge on any atom is -0.711 e. The van der Waals surface area contributed by atoms with Crippen LogP contribution in [0, 0.1) is 19.1 Å². The van der Waals surface area contributed by atoms with Crippen LogP contribution in [0.15, 0.2) is 30.6 Å². The normalized spacial score (nSPS) is 10.4. The molecule has 0 radical (unpaired) electrons. The third kappa shape index (κ3) is 1.62. The maximum atomic E-state index is 11.4. The molecule has 1 aromatic carbocycles. The quantitative estimate of drug-likeness (QED) is 0.569. The molecule has 0 fully saturated rings. The second-order valence-electron chi connectivity index (χ2n) is 3.68. The molecule has 4 heteroatoms. The van der Waals surface area contributed by atoms with Gasteiger partial charge in [0.15, 0.2) is 0 Å². The molecule has 1 heterocycles. The zero-order chi connectivity index (χ0) is 11.7. The van der Waals surface area contributed by atoms with E-state index in [0.717, 1.165) is 27.6 Å². The van der Waals surface area contributed by atoms with Crippen molar-refractivity contribution >= 4 is 0 Å². The lowest BCUT2D eigenvalue weighted by molar-refractivity contribution is -0.611. The van der Waals surface area contributed by atoms with Crippen LogP contribution in [0.3, 0.4) is 0 Å². The van der Waals surface area contributed by atoms with E-state index in [-0.39, 0.29) is 0 Å². The van der Waals surface area contributed by atoms with Gasteiger partial charge in [-0.3, -0.25) is 0 Å². The topological polar surface area (TPSA) is 41.1 Å². The smallest absolute Gasteiger partial charge is 0.252 e. The van der Waals surface area contributed by atoms with Crippen LogP contribution >= 0.6 is 0 Å². The molecule has 0 N–H and O–H groups in total. The van der Waals surface area contributed by atoms with Gasteiger partial charge >= 0.3 is 0 Å². The minimum absolute atomic E-state index is 0.718. The average Bonchev–Trinajstić information content (AvgIpc) is 2.57. The van der Waals surface area contributed by atoms with Crippen molar-refractivity contribution < 1.29 is 9.47 Å². The Hall–Kier alpha value is -1.97. The Kier molecular flexibility index (Phi) is 2.56. The average molecular weight is 218 g/mol. The van der Waals surface area contributed by atoms with Crippen molar-refractivity contribution in [3.05, 3.63) is 47.2 Å². The van der Waals surface area contributed by atoms with Crippen molar-refractivity contribution in [2.75, 3.05) is 7.11 Å². The highest BCUT2D eigenvalue weighted by Crippen LogP contribution is 2.16. The summed E-state index contributed by atoms with van der Waals surface area (Å²) in [7, 11) is 1.63. The predicted octanol–water partition coefficient (Wildman–Crippen LogP) is 1.74. The zero-order valence-corrected chi connectivity index (χ0v) is 9.60. The molecule has 0 unspecified atom stereocenters. The zero-order valence-electron chi connectivity index (χ0n) is 9.60. The van der Waals surface area contributed by atoms with E-state index < -0.39 is 0 Å². The van der Waals surface area contributed by atoms with Crippen LogP contribution in [-0.4, -0.2) is 11.7 Å². The second kappa shape index (κ2) is 3.89. The molecule has 4 nitrogen and oxygen atoms in total. The molecule has 0 aliphatic heterocycles. The Labute approximate surface area is 94.3 Å². The Morgan fingerprint density at radius 2 is 1.81 bits per heavy atom. The lowest BCUT2D eigenvalue weighted by Crippen LogP contribution is -2.26. The summed E-state index contributed by atoms with van der Waals surface area (Å²) in [6.45, 7) is 3.73. The Bertz CT molecular complexity index is 500. The van der Waals surface area contributed by atoms with Crippen LogP contribution in [0.5, 0.6) is 5.75 Å². The van der Waals surface area contributed by atoms with E-state index in [4.69, 9.17) is 4.74 Å². The van der Waals surface area contributed by atoms with Gasteiger partial charge in [-0.1, -0.05) is 0 Å². The molecule has 2 aromatic rings. The Morgan fingerprint density at radius 3 is 2.25 bits per heavy atom. The lowest BCUT2D eigenvalue weighted by atomic mass is 10.3. The van der Waals surface area contributed by atoms with E-state index in [0.29, 0.717) is 0 Å². The Morgan fingerprint density at radius 1 is 1.19 bits per heavy atom. The highest BCUT2D eigenvalue weighted by Gasteiger charge is 2.13. The predicted molar refractivity (Wildman–Crippen MR) is 60.8 cm³/mol. The van der Waals surface area contributed by atoms with Crippen molar-refractivity contribution in [1.29, 1.82) is 0 Å². The van der Waals surface area contributed by atoms with Gasteiger partial charge in [0, 0.05) is 13.8 Å².